The molecule has 0 aliphatic carbocycles. The maximum Gasteiger partial charge on any atom is 0.329 e. The number of carbonyl (C=O) groups is 2. The molecular weight excluding hydrogens is 342 g/mol. The Labute approximate surface area is 130 Å². The van der Waals surface area contributed by atoms with E-state index in [1.54, 1.807) is 23.2 Å². The number of hydrogen-bond acceptors (Lipinski definition) is 3. The summed E-state index contributed by atoms with van der Waals surface area (Å²) in [5.74, 6) is -0.937. The van der Waals surface area contributed by atoms with Gasteiger partial charge in [-0.15, -0.1) is 11.3 Å². The summed E-state index contributed by atoms with van der Waals surface area (Å²) in [6, 6.07) is 4.06. The van der Waals surface area contributed by atoms with Gasteiger partial charge in [0.05, 0.1) is 3.79 Å². The molecule has 110 valence electrons. The summed E-state index contributed by atoms with van der Waals surface area (Å²) in [6.45, 7) is 2.21. The van der Waals surface area contributed by atoms with Gasteiger partial charge in [-0.2, -0.15) is 0 Å². The molecule has 1 N–H and O–H groups in total. The maximum absolute atomic E-state index is 12.2. The van der Waals surface area contributed by atoms with Crippen molar-refractivity contribution in [2.75, 3.05) is 6.54 Å². The van der Waals surface area contributed by atoms with Crippen molar-refractivity contribution in [3.05, 3.63) is 20.8 Å². The van der Waals surface area contributed by atoms with Gasteiger partial charge < -0.3 is 10.0 Å². The summed E-state index contributed by atoms with van der Waals surface area (Å²) in [5.41, 5.74) is -1.01. The highest BCUT2D eigenvalue weighted by molar-refractivity contribution is 9.11. The molecule has 0 radical (unpaired) electrons. The van der Waals surface area contributed by atoms with Crippen molar-refractivity contribution < 1.29 is 14.7 Å². The number of halogens is 1. The van der Waals surface area contributed by atoms with Crippen LogP contribution in [0.25, 0.3) is 0 Å². The minimum atomic E-state index is -1.01. The van der Waals surface area contributed by atoms with E-state index in [2.05, 4.69) is 22.0 Å². The Kier molecular flexibility index (Phi) is 4.86. The van der Waals surface area contributed by atoms with Gasteiger partial charge in [0.2, 0.25) is 5.91 Å². The van der Waals surface area contributed by atoms with E-state index in [0.717, 1.165) is 23.0 Å². The average Bonchev–Trinajstić information content (AvgIpc) is 2.96. The Hall–Kier alpha value is -0.880. The summed E-state index contributed by atoms with van der Waals surface area (Å²) in [4.78, 5) is 26.3. The predicted molar refractivity (Wildman–Crippen MR) is 81.9 cm³/mol. The Morgan fingerprint density at radius 2 is 2.25 bits per heavy atom. The van der Waals surface area contributed by atoms with Gasteiger partial charge in [-0.05, 0) is 60.7 Å². The molecule has 0 aromatic carbocycles. The lowest BCUT2D eigenvalue weighted by molar-refractivity contribution is -0.155. The Morgan fingerprint density at radius 3 is 2.85 bits per heavy atom. The minimum absolute atomic E-state index is 0.0389. The maximum atomic E-state index is 12.2. The molecule has 2 rings (SSSR count). The van der Waals surface area contributed by atoms with Gasteiger partial charge in [0, 0.05) is 17.8 Å². The van der Waals surface area contributed by atoms with E-state index < -0.39 is 11.5 Å². The van der Waals surface area contributed by atoms with Crippen molar-refractivity contribution in [3.63, 3.8) is 0 Å². The lowest BCUT2D eigenvalue weighted by Crippen LogP contribution is -2.50. The zero-order chi connectivity index (χ0) is 14.8. The van der Waals surface area contributed by atoms with Crippen molar-refractivity contribution in [3.8, 4) is 0 Å². The molecule has 6 heteroatoms. The van der Waals surface area contributed by atoms with E-state index >= 15 is 0 Å². The van der Waals surface area contributed by atoms with Gasteiger partial charge in [-0.1, -0.05) is 0 Å². The first-order valence-electron chi connectivity index (χ1n) is 6.71. The van der Waals surface area contributed by atoms with Gasteiger partial charge in [0.25, 0.3) is 0 Å². The highest BCUT2D eigenvalue weighted by Gasteiger charge is 2.45. The molecule has 0 spiro atoms. The number of aryl methyl sites for hydroxylation is 1. The molecular formula is C14H18BrNO3S. The van der Waals surface area contributed by atoms with E-state index in [4.69, 9.17) is 0 Å². The van der Waals surface area contributed by atoms with E-state index in [1.807, 2.05) is 6.07 Å². The Morgan fingerprint density at radius 1 is 1.50 bits per heavy atom. The van der Waals surface area contributed by atoms with E-state index in [1.165, 1.54) is 4.88 Å². The number of rotatable bonds is 5. The quantitative estimate of drug-likeness (QED) is 0.877. The molecule has 0 saturated carbocycles. The molecule has 1 atom stereocenters. The monoisotopic (exact) mass is 359 g/mol. The van der Waals surface area contributed by atoms with Crippen LogP contribution in [0.4, 0.5) is 0 Å². The second-order valence-electron chi connectivity index (χ2n) is 5.29. The minimum Gasteiger partial charge on any atom is -0.480 e. The van der Waals surface area contributed by atoms with Gasteiger partial charge in [-0.3, -0.25) is 4.79 Å². The van der Waals surface area contributed by atoms with Crippen LogP contribution < -0.4 is 0 Å². The van der Waals surface area contributed by atoms with Crippen molar-refractivity contribution in [2.45, 2.75) is 44.6 Å². The number of amides is 1. The molecule has 1 saturated heterocycles. The molecule has 1 aliphatic rings. The topological polar surface area (TPSA) is 57.6 Å². The number of aliphatic carboxylic acids is 1. The van der Waals surface area contributed by atoms with Crippen LogP contribution in [0.1, 0.15) is 37.5 Å². The summed E-state index contributed by atoms with van der Waals surface area (Å²) in [6.07, 6.45) is 3.36. The average molecular weight is 360 g/mol. The molecule has 1 aromatic rings. The molecule has 20 heavy (non-hydrogen) atoms. The number of carboxylic acid groups (broad SMARTS) is 1. The zero-order valence-corrected chi connectivity index (χ0v) is 13.8. The lowest BCUT2D eigenvalue weighted by Gasteiger charge is -2.31. The van der Waals surface area contributed by atoms with E-state index in [-0.39, 0.29) is 5.91 Å². The highest BCUT2D eigenvalue weighted by Crippen LogP contribution is 2.30. The van der Waals surface area contributed by atoms with Crippen LogP contribution in [-0.2, 0) is 16.0 Å². The number of carboxylic acids is 1. The zero-order valence-electron chi connectivity index (χ0n) is 11.4. The first-order valence-corrected chi connectivity index (χ1v) is 8.32. The fourth-order valence-corrected chi connectivity index (χ4v) is 4.15. The summed E-state index contributed by atoms with van der Waals surface area (Å²) < 4.78 is 1.09. The smallest absolute Gasteiger partial charge is 0.329 e. The normalized spacial score (nSPS) is 22.2. The van der Waals surface area contributed by atoms with E-state index in [9.17, 15) is 14.7 Å². The molecule has 1 aliphatic heterocycles. The van der Waals surface area contributed by atoms with Gasteiger partial charge in [-0.25, -0.2) is 4.79 Å². The van der Waals surface area contributed by atoms with Gasteiger partial charge >= 0.3 is 5.97 Å². The second-order valence-corrected chi connectivity index (χ2v) is 7.83. The van der Waals surface area contributed by atoms with Crippen LogP contribution in [0, 0.1) is 0 Å². The van der Waals surface area contributed by atoms with Crippen molar-refractivity contribution in [1.82, 2.24) is 4.90 Å². The number of hydrogen-bond donors (Lipinski definition) is 1. The van der Waals surface area contributed by atoms with Gasteiger partial charge in [0.1, 0.15) is 5.54 Å². The van der Waals surface area contributed by atoms with Crippen LogP contribution in [0.3, 0.4) is 0 Å². The summed E-state index contributed by atoms with van der Waals surface area (Å²) in [5, 5.41) is 9.30. The number of carbonyl (C=O) groups excluding carboxylic acids is 1. The third-order valence-corrected chi connectivity index (χ3v) is 5.53. The first-order chi connectivity index (χ1) is 9.43. The van der Waals surface area contributed by atoms with Crippen molar-refractivity contribution in [1.29, 1.82) is 0 Å². The van der Waals surface area contributed by atoms with Crippen LogP contribution in [0.2, 0.25) is 0 Å². The number of likely N-dealkylation sites (tertiary alicyclic amines) is 1. The van der Waals surface area contributed by atoms with E-state index in [0.29, 0.717) is 19.4 Å². The van der Waals surface area contributed by atoms with Crippen LogP contribution in [0.5, 0.6) is 0 Å². The third kappa shape index (κ3) is 3.23. The van der Waals surface area contributed by atoms with Crippen molar-refractivity contribution in [2.24, 2.45) is 0 Å². The first kappa shape index (κ1) is 15.5. The summed E-state index contributed by atoms with van der Waals surface area (Å²) in [7, 11) is 0. The van der Waals surface area contributed by atoms with Crippen LogP contribution in [-0.4, -0.2) is 34.0 Å². The molecule has 1 fully saturated rings. The predicted octanol–water partition coefficient (Wildman–Crippen LogP) is 3.30. The Bertz CT molecular complexity index is 516. The molecule has 1 unspecified atom stereocenters. The molecule has 4 nitrogen and oxygen atoms in total. The highest BCUT2D eigenvalue weighted by atomic mass is 79.9. The second kappa shape index (κ2) is 6.26. The summed E-state index contributed by atoms with van der Waals surface area (Å²) >= 11 is 5.09. The van der Waals surface area contributed by atoms with Gasteiger partial charge in [0.15, 0.2) is 0 Å². The number of nitrogens with zero attached hydrogens (tertiary/aromatic N) is 1. The molecule has 1 aromatic heterocycles. The molecule has 1 amide bonds. The third-order valence-electron chi connectivity index (χ3n) is 3.85. The fraction of sp³-hybridized carbons (Fsp3) is 0.571. The standard InChI is InChI=1S/C14H18BrNO3S/c1-14(13(18)19)8-3-9-16(14)12(17)5-2-4-10-6-7-11(15)20-10/h6-7H,2-5,8-9H2,1H3,(H,18,19). The Balaban J connectivity index is 1.87. The number of thiophene rings is 1. The van der Waals surface area contributed by atoms with Crippen LogP contribution >= 0.6 is 27.3 Å². The molecule has 2 heterocycles. The fourth-order valence-electron chi connectivity index (χ4n) is 2.62. The largest absolute Gasteiger partial charge is 0.480 e. The van der Waals surface area contributed by atoms with Crippen LogP contribution in [0.15, 0.2) is 15.9 Å². The lowest BCUT2D eigenvalue weighted by atomic mass is 9.99. The molecule has 0 bridgehead atoms. The van der Waals surface area contributed by atoms with Crippen molar-refractivity contribution >= 4 is 39.1 Å². The SMILES string of the molecule is CC1(C(=O)O)CCCN1C(=O)CCCc1ccc(Br)s1.